The number of aliphatic hydroxyl groups excluding tert-OH is 2. The third kappa shape index (κ3) is 61.8. The molecule has 6 nitrogen and oxygen atoms in total. The minimum atomic E-state index is -0.664. The van der Waals surface area contributed by atoms with E-state index in [1.807, 2.05) is 0 Å². The van der Waals surface area contributed by atoms with Crippen LogP contribution in [0.1, 0.15) is 399 Å². The molecule has 3 N–H and O–H groups in total. The van der Waals surface area contributed by atoms with Gasteiger partial charge in [0.15, 0.2) is 0 Å². The lowest BCUT2D eigenvalue weighted by atomic mass is 10.0. The maximum absolute atomic E-state index is 12.5. The summed E-state index contributed by atoms with van der Waals surface area (Å²) in [6.07, 6.45) is 81.1. The number of carbonyl (C=O) groups excluding carboxylic acids is 2. The zero-order valence-corrected chi connectivity index (χ0v) is 51.8. The van der Waals surface area contributed by atoms with Gasteiger partial charge in [0.2, 0.25) is 5.91 Å². The van der Waals surface area contributed by atoms with E-state index in [0.29, 0.717) is 25.9 Å². The number of esters is 1. The molecule has 0 saturated heterocycles. The van der Waals surface area contributed by atoms with Crippen LogP contribution < -0.4 is 5.32 Å². The van der Waals surface area contributed by atoms with Crippen molar-refractivity contribution in [3.05, 3.63) is 12.2 Å². The molecule has 6 heteroatoms. The van der Waals surface area contributed by atoms with E-state index in [1.165, 1.54) is 327 Å². The number of aliphatic hydroxyl groups is 2. The van der Waals surface area contributed by atoms with Crippen molar-refractivity contribution < 1.29 is 24.5 Å². The lowest BCUT2D eigenvalue weighted by Gasteiger charge is -2.22. The maximum Gasteiger partial charge on any atom is 0.305 e. The molecule has 0 aliphatic heterocycles. The summed E-state index contributed by atoms with van der Waals surface area (Å²) in [5.74, 6) is -0.0129. The number of rotatable bonds is 66. The molecule has 0 aromatic heterocycles. The van der Waals surface area contributed by atoms with Gasteiger partial charge < -0.3 is 20.3 Å². The van der Waals surface area contributed by atoms with Gasteiger partial charge in [-0.05, 0) is 51.4 Å². The van der Waals surface area contributed by atoms with Crippen LogP contribution in [0, 0.1) is 0 Å². The van der Waals surface area contributed by atoms with Crippen LogP contribution in [0.3, 0.4) is 0 Å². The van der Waals surface area contributed by atoms with Crippen molar-refractivity contribution in [3.8, 4) is 0 Å². The molecule has 0 aliphatic carbocycles. The van der Waals surface area contributed by atoms with Crippen LogP contribution in [0.15, 0.2) is 12.2 Å². The number of allylic oxidation sites excluding steroid dienone is 2. The summed E-state index contributed by atoms with van der Waals surface area (Å²) in [7, 11) is 0. The fraction of sp³-hybridized carbons (Fsp3) is 0.943. The largest absolute Gasteiger partial charge is 0.466 e. The Hall–Kier alpha value is -1.40. The molecule has 452 valence electrons. The number of carbonyl (C=O) groups is 2. The number of ether oxygens (including phenoxy) is 1. The molecular formula is C70H137NO5. The fourth-order valence-corrected chi connectivity index (χ4v) is 11.2. The average molecular weight is 1070 g/mol. The van der Waals surface area contributed by atoms with Gasteiger partial charge in [-0.1, -0.05) is 347 Å². The first-order chi connectivity index (χ1) is 37.5. The molecule has 0 aromatic rings. The Labute approximate surface area is 476 Å². The van der Waals surface area contributed by atoms with Crippen LogP contribution in [0.5, 0.6) is 0 Å². The summed E-state index contributed by atoms with van der Waals surface area (Å²) >= 11 is 0. The third-order valence-corrected chi connectivity index (χ3v) is 16.6. The van der Waals surface area contributed by atoms with E-state index in [-0.39, 0.29) is 18.5 Å². The lowest BCUT2D eigenvalue weighted by Crippen LogP contribution is -2.45. The highest BCUT2D eigenvalue weighted by atomic mass is 16.5. The predicted molar refractivity (Wildman–Crippen MR) is 333 cm³/mol. The van der Waals surface area contributed by atoms with Gasteiger partial charge in [-0.3, -0.25) is 9.59 Å². The minimum absolute atomic E-state index is 0.0190. The first kappa shape index (κ1) is 74.6. The van der Waals surface area contributed by atoms with Crippen molar-refractivity contribution in [2.75, 3.05) is 13.2 Å². The topological polar surface area (TPSA) is 95.9 Å². The van der Waals surface area contributed by atoms with Crippen molar-refractivity contribution in [1.82, 2.24) is 5.32 Å². The highest BCUT2D eigenvalue weighted by Crippen LogP contribution is 2.19. The van der Waals surface area contributed by atoms with Crippen LogP contribution in [0.2, 0.25) is 0 Å². The van der Waals surface area contributed by atoms with Crippen molar-refractivity contribution in [3.63, 3.8) is 0 Å². The zero-order valence-electron chi connectivity index (χ0n) is 51.8. The van der Waals surface area contributed by atoms with Gasteiger partial charge in [0.25, 0.3) is 0 Å². The van der Waals surface area contributed by atoms with E-state index in [0.717, 1.165) is 38.5 Å². The molecule has 2 atom stereocenters. The molecule has 0 fully saturated rings. The molecule has 0 saturated carbocycles. The Morgan fingerprint density at radius 2 is 0.618 bits per heavy atom. The second kappa shape index (κ2) is 66.1. The Balaban J connectivity index is 3.37. The molecule has 0 radical (unpaired) electrons. The number of amides is 1. The average Bonchev–Trinajstić information content (AvgIpc) is 3.42. The quantitative estimate of drug-likeness (QED) is 0.0320. The van der Waals surface area contributed by atoms with E-state index >= 15 is 0 Å². The standard InChI is InChI=1S/C70H137NO5/c1-3-5-7-9-11-13-15-17-19-31-35-38-42-46-50-54-58-62-68(73)67(66-72)71-69(74)63-59-55-51-47-43-39-36-32-29-27-25-23-21-20-22-24-26-28-30-33-37-41-45-49-53-57-61-65-76-70(75)64-60-56-52-48-44-40-34-18-16-14-12-10-8-6-4-2/h20-21,67-68,72-73H,3-19,22-66H2,1-2H3,(H,71,74)/b21-20-. The predicted octanol–water partition coefficient (Wildman–Crippen LogP) is 22.4. The van der Waals surface area contributed by atoms with E-state index in [1.54, 1.807) is 0 Å². The highest BCUT2D eigenvalue weighted by molar-refractivity contribution is 5.76. The number of nitrogens with one attached hydrogen (secondary N) is 1. The van der Waals surface area contributed by atoms with Gasteiger partial charge in [0, 0.05) is 12.8 Å². The maximum atomic E-state index is 12.5. The van der Waals surface area contributed by atoms with Gasteiger partial charge in [-0.15, -0.1) is 0 Å². The van der Waals surface area contributed by atoms with Gasteiger partial charge in [-0.2, -0.15) is 0 Å². The second-order valence-electron chi connectivity index (χ2n) is 24.2. The van der Waals surface area contributed by atoms with Crippen LogP contribution in [-0.2, 0) is 14.3 Å². The third-order valence-electron chi connectivity index (χ3n) is 16.6. The number of hydrogen-bond acceptors (Lipinski definition) is 5. The van der Waals surface area contributed by atoms with Gasteiger partial charge >= 0.3 is 5.97 Å². The molecule has 0 aromatic carbocycles. The summed E-state index contributed by atoms with van der Waals surface area (Å²) < 4.78 is 5.50. The molecule has 76 heavy (non-hydrogen) atoms. The Morgan fingerprint density at radius 3 is 0.934 bits per heavy atom. The highest BCUT2D eigenvalue weighted by Gasteiger charge is 2.20. The van der Waals surface area contributed by atoms with Crippen molar-refractivity contribution in [2.24, 2.45) is 0 Å². The minimum Gasteiger partial charge on any atom is -0.466 e. The van der Waals surface area contributed by atoms with Crippen LogP contribution in [-0.4, -0.2) is 47.4 Å². The lowest BCUT2D eigenvalue weighted by molar-refractivity contribution is -0.143. The molecule has 0 rings (SSSR count). The monoisotopic (exact) mass is 1070 g/mol. The molecule has 1 amide bonds. The Kier molecular flexibility index (Phi) is 64.9. The molecule has 0 spiro atoms. The first-order valence-corrected chi connectivity index (χ1v) is 34.9. The van der Waals surface area contributed by atoms with Gasteiger partial charge in [0.1, 0.15) is 0 Å². The van der Waals surface area contributed by atoms with Crippen LogP contribution in [0.4, 0.5) is 0 Å². The SMILES string of the molecule is CCCCCCCCCCCCCCCCCCCC(O)C(CO)NC(=O)CCCCCCCCCCCCC/C=C\CCCCCCCCCCCCCCOC(=O)CCCCCCCCCCCCCCCCC. The van der Waals surface area contributed by atoms with Gasteiger partial charge in [0.05, 0.1) is 25.4 Å². The normalized spacial score (nSPS) is 12.5. The smallest absolute Gasteiger partial charge is 0.305 e. The summed E-state index contributed by atoms with van der Waals surface area (Å²) in [5.41, 5.74) is 0. The van der Waals surface area contributed by atoms with Gasteiger partial charge in [-0.25, -0.2) is 0 Å². The summed E-state index contributed by atoms with van der Waals surface area (Å²) in [4.78, 5) is 24.6. The van der Waals surface area contributed by atoms with E-state index in [9.17, 15) is 19.8 Å². The Bertz CT molecular complexity index is 1140. The summed E-state index contributed by atoms with van der Waals surface area (Å²) in [6.45, 7) is 5.00. The summed E-state index contributed by atoms with van der Waals surface area (Å²) in [5, 5.41) is 23.4. The molecule has 0 heterocycles. The van der Waals surface area contributed by atoms with E-state index in [4.69, 9.17) is 4.74 Å². The Morgan fingerprint density at radius 1 is 0.355 bits per heavy atom. The van der Waals surface area contributed by atoms with Crippen LogP contribution >= 0.6 is 0 Å². The molecule has 0 bridgehead atoms. The molecule has 2 unspecified atom stereocenters. The van der Waals surface area contributed by atoms with E-state index < -0.39 is 12.1 Å². The number of unbranched alkanes of at least 4 members (excludes halogenated alkanes) is 53. The molecular weight excluding hydrogens is 935 g/mol. The molecule has 0 aliphatic rings. The van der Waals surface area contributed by atoms with E-state index in [2.05, 4.69) is 31.3 Å². The summed E-state index contributed by atoms with van der Waals surface area (Å²) in [6, 6.07) is -0.542. The van der Waals surface area contributed by atoms with Crippen molar-refractivity contribution in [1.29, 1.82) is 0 Å². The fourth-order valence-electron chi connectivity index (χ4n) is 11.2. The number of hydrogen-bond donors (Lipinski definition) is 3. The second-order valence-corrected chi connectivity index (χ2v) is 24.2. The first-order valence-electron chi connectivity index (χ1n) is 34.9. The zero-order chi connectivity index (χ0) is 55.0. The van der Waals surface area contributed by atoms with Crippen molar-refractivity contribution in [2.45, 2.75) is 411 Å². The van der Waals surface area contributed by atoms with Crippen LogP contribution in [0.25, 0.3) is 0 Å². The van der Waals surface area contributed by atoms with Crippen molar-refractivity contribution >= 4 is 11.9 Å².